The zero-order valence-corrected chi connectivity index (χ0v) is 7.62. The number of carbonyl (C=O) groups excluding carboxylic acids is 1. The van der Waals surface area contributed by atoms with Crippen LogP contribution in [-0.2, 0) is 4.79 Å². The van der Waals surface area contributed by atoms with Crippen LogP contribution in [0.25, 0.3) is 0 Å². The first kappa shape index (κ1) is 12.6. The minimum absolute atomic E-state index is 0. The second kappa shape index (κ2) is 8.96. The van der Waals surface area contributed by atoms with Crippen LogP contribution < -0.4 is 0 Å². The van der Waals surface area contributed by atoms with Gasteiger partial charge in [0, 0.05) is 5.92 Å². The molecule has 0 bridgehead atoms. The van der Waals surface area contributed by atoms with Crippen molar-refractivity contribution in [2.24, 2.45) is 5.92 Å². The highest BCUT2D eigenvalue weighted by atomic mass is 35.5. The van der Waals surface area contributed by atoms with Crippen molar-refractivity contribution in [2.75, 3.05) is 0 Å². The van der Waals surface area contributed by atoms with E-state index in [9.17, 15) is 4.79 Å². The normalized spacial score (nSPS) is 11.8. The molecular weight excluding hydrogens is 148 g/mol. The Bertz CT molecular complexity index is 73.7. The Hall–Kier alpha value is -0.0400. The van der Waals surface area contributed by atoms with E-state index in [-0.39, 0.29) is 12.4 Å². The summed E-state index contributed by atoms with van der Waals surface area (Å²) in [7, 11) is 0. The number of aldehydes is 1. The SMILES string of the molecule is CCCCC(C=O)CC.Cl. The van der Waals surface area contributed by atoms with Gasteiger partial charge in [0.05, 0.1) is 0 Å². The first-order valence-corrected chi connectivity index (χ1v) is 3.80. The summed E-state index contributed by atoms with van der Waals surface area (Å²) in [5.41, 5.74) is 0. The van der Waals surface area contributed by atoms with Crippen molar-refractivity contribution in [1.29, 1.82) is 0 Å². The van der Waals surface area contributed by atoms with Crippen molar-refractivity contribution in [3.63, 3.8) is 0 Å². The number of hydrogen-bond acceptors (Lipinski definition) is 1. The van der Waals surface area contributed by atoms with E-state index in [0.29, 0.717) is 5.92 Å². The Balaban J connectivity index is 0. The molecule has 0 aromatic rings. The van der Waals surface area contributed by atoms with Gasteiger partial charge in [0.1, 0.15) is 6.29 Å². The third-order valence-electron chi connectivity index (χ3n) is 1.65. The van der Waals surface area contributed by atoms with Crippen LogP contribution in [0, 0.1) is 5.92 Å². The van der Waals surface area contributed by atoms with Gasteiger partial charge in [-0.25, -0.2) is 0 Å². The molecule has 0 aliphatic rings. The summed E-state index contributed by atoms with van der Waals surface area (Å²) in [5, 5.41) is 0. The van der Waals surface area contributed by atoms with Crippen molar-refractivity contribution in [2.45, 2.75) is 39.5 Å². The van der Waals surface area contributed by atoms with Crippen LogP contribution >= 0.6 is 12.4 Å². The van der Waals surface area contributed by atoms with Gasteiger partial charge in [0.25, 0.3) is 0 Å². The third kappa shape index (κ3) is 6.09. The number of carbonyl (C=O) groups is 1. The molecule has 0 aliphatic carbocycles. The molecule has 1 unspecified atom stereocenters. The molecule has 0 N–H and O–H groups in total. The molecule has 0 spiro atoms. The predicted octanol–water partition coefficient (Wildman–Crippen LogP) is 2.82. The highest BCUT2D eigenvalue weighted by molar-refractivity contribution is 5.85. The lowest BCUT2D eigenvalue weighted by molar-refractivity contribution is -0.111. The summed E-state index contributed by atoms with van der Waals surface area (Å²) >= 11 is 0. The lowest BCUT2D eigenvalue weighted by Crippen LogP contribution is -1.98. The average molecular weight is 165 g/mol. The third-order valence-corrected chi connectivity index (χ3v) is 1.65. The molecule has 0 saturated heterocycles. The van der Waals surface area contributed by atoms with E-state index in [1.807, 2.05) is 0 Å². The largest absolute Gasteiger partial charge is 0.303 e. The summed E-state index contributed by atoms with van der Waals surface area (Å²) in [6.07, 6.45) is 5.55. The van der Waals surface area contributed by atoms with Crippen LogP contribution in [0.2, 0.25) is 0 Å². The molecule has 0 radical (unpaired) electrons. The van der Waals surface area contributed by atoms with E-state index in [1.54, 1.807) is 0 Å². The summed E-state index contributed by atoms with van der Waals surface area (Å²) in [5.74, 6) is 0.324. The molecular formula is C8H17ClO. The maximum Gasteiger partial charge on any atom is 0.123 e. The van der Waals surface area contributed by atoms with Crippen LogP contribution in [0.4, 0.5) is 0 Å². The number of halogens is 1. The second-order valence-corrected chi connectivity index (χ2v) is 2.45. The molecule has 1 atom stereocenters. The monoisotopic (exact) mass is 164 g/mol. The van der Waals surface area contributed by atoms with Gasteiger partial charge in [-0.1, -0.05) is 26.7 Å². The molecule has 1 nitrogen and oxygen atoms in total. The predicted molar refractivity (Wildman–Crippen MR) is 46.6 cm³/mol. The minimum atomic E-state index is 0. The van der Waals surface area contributed by atoms with Crippen molar-refractivity contribution < 1.29 is 4.79 Å². The highest BCUT2D eigenvalue weighted by Crippen LogP contribution is 2.08. The molecule has 0 saturated carbocycles. The first-order valence-electron chi connectivity index (χ1n) is 3.80. The van der Waals surface area contributed by atoms with Crippen LogP contribution in [0.5, 0.6) is 0 Å². The van der Waals surface area contributed by atoms with Crippen LogP contribution in [0.1, 0.15) is 39.5 Å². The molecule has 0 amide bonds. The van der Waals surface area contributed by atoms with Crippen molar-refractivity contribution in [3.8, 4) is 0 Å². The summed E-state index contributed by atoms with van der Waals surface area (Å²) in [6.45, 7) is 4.21. The number of hydrogen-bond donors (Lipinski definition) is 0. The fourth-order valence-electron chi connectivity index (χ4n) is 0.835. The van der Waals surface area contributed by atoms with Crippen molar-refractivity contribution >= 4 is 18.7 Å². The molecule has 62 valence electrons. The number of rotatable bonds is 5. The van der Waals surface area contributed by atoms with Crippen molar-refractivity contribution in [1.82, 2.24) is 0 Å². The Morgan fingerprint density at radius 1 is 1.40 bits per heavy atom. The molecule has 2 heteroatoms. The second-order valence-electron chi connectivity index (χ2n) is 2.45. The number of unbranched alkanes of at least 4 members (excludes halogenated alkanes) is 1. The smallest absolute Gasteiger partial charge is 0.123 e. The molecule has 0 heterocycles. The van der Waals surface area contributed by atoms with Gasteiger partial charge in [-0.15, -0.1) is 12.4 Å². The Labute approximate surface area is 69.6 Å². The van der Waals surface area contributed by atoms with Gasteiger partial charge in [-0.2, -0.15) is 0 Å². The van der Waals surface area contributed by atoms with E-state index in [1.165, 1.54) is 12.8 Å². The quantitative estimate of drug-likeness (QED) is 0.572. The summed E-state index contributed by atoms with van der Waals surface area (Å²) in [6, 6.07) is 0. The Kier molecular flexibility index (Phi) is 11.3. The van der Waals surface area contributed by atoms with Gasteiger partial charge in [0.15, 0.2) is 0 Å². The topological polar surface area (TPSA) is 17.1 Å². The molecule has 0 aliphatic heterocycles. The molecule has 0 aromatic heterocycles. The molecule has 0 aromatic carbocycles. The van der Waals surface area contributed by atoms with E-state index < -0.39 is 0 Å². The summed E-state index contributed by atoms with van der Waals surface area (Å²) < 4.78 is 0. The zero-order valence-electron chi connectivity index (χ0n) is 6.80. The summed E-state index contributed by atoms with van der Waals surface area (Å²) in [4.78, 5) is 10.2. The van der Waals surface area contributed by atoms with Gasteiger partial charge in [-0.05, 0) is 12.8 Å². The Morgan fingerprint density at radius 2 is 2.00 bits per heavy atom. The van der Waals surface area contributed by atoms with Crippen LogP contribution in [-0.4, -0.2) is 6.29 Å². The highest BCUT2D eigenvalue weighted by Gasteiger charge is 2.01. The average Bonchev–Trinajstić information content (AvgIpc) is 1.91. The van der Waals surface area contributed by atoms with E-state index in [4.69, 9.17) is 0 Å². The van der Waals surface area contributed by atoms with Crippen LogP contribution in [0.15, 0.2) is 0 Å². The standard InChI is InChI=1S/C8H16O.ClH/c1-3-5-6-8(4-2)7-9;/h7-8H,3-6H2,1-2H3;1H. The maximum atomic E-state index is 10.2. The fraction of sp³-hybridized carbons (Fsp3) is 0.875. The fourth-order valence-corrected chi connectivity index (χ4v) is 0.835. The van der Waals surface area contributed by atoms with Crippen LogP contribution in [0.3, 0.4) is 0 Å². The van der Waals surface area contributed by atoms with E-state index >= 15 is 0 Å². The lowest BCUT2D eigenvalue weighted by Gasteiger charge is -2.03. The van der Waals surface area contributed by atoms with E-state index in [2.05, 4.69) is 13.8 Å². The lowest BCUT2D eigenvalue weighted by atomic mass is 10.0. The first-order chi connectivity index (χ1) is 4.35. The zero-order chi connectivity index (χ0) is 7.11. The Morgan fingerprint density at radius 3 is 2.30 bits per heavy atom. The molecule has 10 heavy (non-hydrogen) atoms. The molecule has 0 rings (SSSR count). The van der Waals surface area contributed by atoms with Gasteiger partial charge in [-0.3, -0.25) is 0 Å². The minimum Gasteiger partial charge on any atom is -0.303 e. The van der Waals surface area contributed by atoms with Gasteiger partial charge in [0.2, 0.25) is 0 Å². The maximum absolute atomic E-state index is 10.2. The van der Waals surface area contributed by atoms with Crippen molar-refractivity contribution in [3.05, 3.63) is 0 Å². The van der Waals surface area contributed by atoms with E-state index in [0.717, 1.165) is 19.1 Å². The van der Waals surface area contributed by atoms with Gasteiger partial charge < -0.3 is 4.79 Å². The molecule has 0 fully saturated rings. The van der Waals surface area contributed by atoms with Gasteiger partial charge >= 0.3 is 0 Å².